The molecule has 0 amide bonds. The topological polar surface area (TPSA) is 67.4 Å². The number of ether oxygens (including phenoxy) is 1. The largest absolute Gasteiger partial charge is 0.375 e. The van der Waals surface area contributed by atoms with Gasteiger partial charge in [0.25, 0.3) is 0 Å². The number of benzene rings is 1. The average molecular weight is 314 g/mol. The van der Waals surface area contributed by atoms with Gasteiger partial charge >= 0.3 is 0 Å². The van der Waals surface area contributed by atoms with Gasteiger partial charge in [-0.15, -0.1) is 0 Å². The molecule has 6 heteroatoms. The van der Waals surface area contributed by atoms with Gasteiger partial charge in [0.1, 0.15) is 0 Å². The Bertz CT molecular complexity index is 542. The molecule has 0 atom stereocenters. The molecule has 0 aliphatic heterocycles. The standard InChI is InChI=1S/C15H26N2O3S/c1-5-16-11-13-8-7-9-14(10-13)21(18,19)17-12-15(3,4)20-6-2/h7-10,16-17H,5-6,11-12H2,1-4H3. The van der Waals surface area contributed by atoms with Crippen LogP contribution in [0.4, 0.5) is 0 Å². The zero-order valence-electron chi connectivity index (χ0n) is 13.3. The molecule has 0 aliphatic carbocycles. The fraction of sp³-hybridized carbons (Fsp3) is 0.600. The molecule has 0 saturated carbocycles. The van der Waals surface area contributed by atoms with E-state index in [1.54, 1.807) is 18.2 Å². The van der Waals surface area contributed by atoms with Crippen LogP contribution in [-0.4, -0.2) is 33.7 Å². The third kappa shape index (κ3) is 6.13. The average Bonchev–Trinajstić information content (AvgIpc) is 2.44. The highest BCUT2D eigenvalue weighted by atomic mass is 32.2. The smallest absolute Gasteiger partial charge is 0.240 e. The van der Waals surface area contributed by atoms with Gasteiger partial charge in [-0.25, -0.2) is 13.1 Å². The maximum atomic E-state index is 12.3. The van der Waals surface area contributed by atoms with Crippen LogP contribution in [0.5, 0.6) is 0 Å². The Morgan fingerprint density at radius 1 is 1.24 bits per heavy atom. The maximum Gasteiger partial charge on any atom is 0.240 e. The molecule has 1 aromatic carbocycles. The molecule has 21 heavy (non-hydrogen) atoms. The van der Waals surface area contributed by atoms with Crippen LogP contribution in [0.3, 0.4) is 0 Å². The zero-order chi connectivity index (χ0) is 15.9. The van der Waals surface area contributed by atoms with Crippen molar-refractivity contribution in [2.24, 2.45) is 0 Å². The van der Waals surface area contributed by atoms with Gasteiger partial charge in [0.05, 0.1) is 10.5 Å². The van der Waals surface area contributed by atoms with Crippen molar-refractivity contribution in [1.82, 2.24) is 10.0 Å². The number of hydrogen-bond acceptors (Lipinski definition) is 4. The van der Waals surface area contributed by atoms with E-state index in [4.69, 9.17) is 4.74 Å². The predicted molar refractivity (Wildman–Crippen MR) is 84.7 cm³/mol. The lowest BCUT2D eigenvalue weighted by Gasteiger charge is -2.24. The van der Waals surface area contributed by atoms with Crippen molar-refractivity contribution in [2.45, 2.75) is 44.7 Å². The summed E-state index contributed by atoms with van der Waals surface area (Å²) in [6, 6.07) is 6.96. The monoisotopic (exact) mass is 314 g/mol. The fourth-order valence-electron chi connectivity index (χ4n) is 1.89. The molecule has 120 valence electrons. The molecule has 0 bridgehead atoms. The van der Waals surface area contributed by atoms with E-state index in [2.05, 4.69) is 10.0 Å². The van der Waals surface area contributed by atoms with Crippen molar-refractivity contribution >= 4 is 10.0 Å². The molecular formula is C15H26N2O3S. The first kappa shape index (κ1) is 18.1. The van der Waals surface area contributed by atoms with E-state index < -0.39 is 15.6 Å². The van der Waals surface area contributed by atoms with Gasteiger partial charge < -0.3 is 10.1 Å². The summed E-state index contributed by atoms with van der Waals surface area (Å²) < 4.78 is 32.8. The molecule has 1 aromatic rings. The van der Waals surface area contributed by atoms with Crippen LogP contribution in [0.2, 0.25) is 0 Å². The van der Waals surface area contributed by atoms with Crippen LogP contribution in [0.25, 0.3) is 0 Å². The van der Waals surface area contributed by atoms with Gasteiger partial charge in [0, 0.05) is 19.7 Å². The Hall–Kier alpha value is -0.950. The second-order valence-corrected chi connectivity index (χ2v) is 7.21. The van der Waals surface area contributed by atoms with Crippen LogP contribution < -0.4 is 10.0 Å². The number of sulfonamides is 1. The summed E-state index contributed by atoms with van der Waals surface area (Å²) in [4.78, 5) is 0.283. The second-order valence-electron chi connectivity index (χ2n) is 5.44. The van der Waals surface area contributed by atoms with Gasteiger partial charge in [0.2, 0.25) is 10.0 Å². The summed E-state index contributed by atoms with van der Waals surface area (Å²) in [5.74, 6) is 0. The lowest BCUT2D eigenvalue weighted by molar-refractivity contribution is -0.00515. The van der Waals surface area contributed by atoms with E-state index >= 15 is 0 Å². The van der Waals surface area contributed by atoms with Crippen LogP contribution in [0.15, 0.2) is 29.2 Å². The second kappa shape index (κ2) is 7.89. The summed E-state index contributed by atoms with van der Waals surface area (Å²) in [7, 11) is -3.52. The van der Waals surface area contributed by atoms with Gasteiger partial charge in [0.15, 0.2) is 0 Å². The van der Waals surface area contributed by atoms with Crippen molar-refractivity contribution < 1.29 is 13.2 Å². The lowest BCUT2D eigenvalue weighted by Crippen LogP contribution is -2.40. The van der Waals surface area contributed by atoms with E-state index in [1.807, 2.05) is 33.8 Å². The van der Waals surface area contributed by atoms with Crippen molar-refractivity contribution in [3.63, 3.8) is 0 Å². The van der Waals surface area contributed by atoms with Crippen LogP contribution in [0.1, 0.15) is 33.3 Å². The zero-order valence-corrected chi connectivity index (χ0v) is 14.1. The summed E-state index contributed by atoms with van der Waals surface area (Å²) >= 11 is 0. The Morgan fingerprint density at radius 3 is 2.57 bits per heavy atom. The Kier molecular flexibility index (Phi) is 6.80. The van der Waals surface area contributed by atoms with Gasteiger partial charge in [-0.3, -0.25) is 0 Å². The lowest BCUT2D eigenvalue weighted by atomic mass is 10.1. The van der Waals surface area contributed by atoms with Crippen molar-refractivity contribution in [3.05, 3.63) is 29.8 Å². The summed E-state index contributed by atoms with van der Waals surface area (Å²) in [6.07, 6.45) is 0. The van der Waals surface area contributed by atoms with Crippen LogP contribution >= 0.6 is 0 Å². The first-order valence-electron chi connectivity index (χ1n) is 7.24. The molecule has 0 fully saturated rings. The summed E-state index contributed by atoms with van der Waals surface area (Å²) in [5, 5.41) is 3.18. The molecular weight excluding hydrogens is 288 g/mol. The number of nitrogens with one attached hydrogen (secondary N) is 2. The fourth-order valence-corrected chi connectivity index (χ4v) is 3.15. The SMILES string of the molecule is CCNCc1cccc(S(=O)(=O)NCC(C)(C)OCC)c1. The molecule has 2 N–H and O–H groups in total. The van der Waals surface area contributed by atoms with Crippen molar-refractivity contribution in [1.29, 1.82) is 0 Å². The molecule has 0 saturated heterocycles. The summed E-state index contributed by atoms with van der Waals surface area (Å²) in [5.41, 5.74) is 0.423. The van der Waals surface area contributed by atoms with E-state index in [9.17, 15) is 8.42 Å². The normalized spacial score (nSPS) is 12.6. The molecule has 0 aliphatic rings. The van der Waals surface area contributed by atoms with Gasteiger partial charge in [-0.05, 0) is 45.0 Å². The first-order chi connectivity index (χ1) is 9.80. The van der Waals surface area contributed by atoms with Crippen LogP contribution in [-0.2, 0) is 21.3 Å². The molecule has 1 rings (SSSR count). The van der Waals surface area contributed by atoms with Gasteiger partial charge in [-0.1, -0.05) is 19.1 Å². The minimum Gasteiger partial charge on any atom is -0.375 e. The molecule has 0 unspecified atom stereocenters. The third-order valence-corrected chi connectivity index (χ3v) is 4.41. The van der Waals surface area contributed by atoms with E-state index in [0.717, 1.165) is 12.1 Å². The highest BCUT2D eigenvalue weighted by Crippen LogP contribution is 2.13. The Labute approximate surface area is 128 Å². The van der Waals surface area contributed by atoms with Gasteiger partial charge in [-0.2, -0.15) is 0 Å². The molecule has 0 spiro atoms. The number of rotatable bonds is 9. The van der Waals surface area contributed by atoms with Crippen LogP contribution in [0, 0.1) is 0 Å². The molecule has 0 aromatic heterocycles. The van der Waals surface area contributed by atoms with E-state index in [-0.39, 0.29) is 11.4 Å². The van der Waals surface area contributed by atoms with E-state index in [0.29, 0.717) is 13.2 Å². The quantitative estimate of drug-likeness (QED) is 0.730. The maximum absolute atomic E-state index is 12.3. The molecule has 0 heterocycles. The first-order valence-corrected chi connectivity index (χ1v) is 8.72. The third-order valence-electron chi connectivity index (χ3n) is 3.01. The molecule has 0 radical (unpaired) electrons. The number of hydrogen-bond donors (Lipinski definition) is 2. The van der Waals surface area contributed by atoms with Crippen molar-refractivity contribution in [2.75, 3.05) is 19.7 Å². The molecule has 5 nitrogen and oxygen atoms in total. The Balaban J connectivity index is 2.78. The van der Waals surface area contributed by atoms with E-state index in [1.165, 1.54) is 0 Å². The predicted octanol–water partition coefficient (Wildman–Crippen LogP) is 1.89. The summed E-state index contributed by atoms with van der Waals surface area (Å²) in [6.45, 7) is 9.91. The minimum atomic E-state index is -3.52. The highest BCUT2D eigenvalue weighted by molar-refractivity contribution is 7.89. The highest BCUT2D eigenvalue weighted by Gasteiger charge is 2.22. The Morgan fingerprint density at radius 2 is 1.95 bits per heavy atom. The minimum absolute atomic E-state index is 0.237. The van der Waals surface area contributed by atoms with Crippen molar-refractivity contribution in [3.8, 4) is 0 Å².